The molecule has 0 atom stereocenters. The third kappa shape index (κ3) is 6.65. The molecule has 9 aromatic rings. The highest BCUT2D eigenvalue weighted by atomic mass is 28.4. The lowest BCUT2D eigenvalue weighted by molar-refractivity contribution is -0.137. The summed E-state index contributed by atoms with van der Waals surface area (Å²) < 4.78 is 42.1. The van der Waals surface area contributed by atoms with Crippen LogP contribution in [0.2, 0.25) is 39.3 Å². The van der Waals surface area contributed by atoms with E-state index in [-0.39, 0.29) is 4.66 Å². The van der Waals surface area contributed by atoms with Gasteiger partial charge in [-0.3, -0.25) is 0 Å². The van der Waals surface area contributed by atoms with Crippen LogP contribution in [0.3, 0.4) is 0 Å². The summed E-state index contributed by atoms with van der Waals surface area (Å²) >= 11 is 0. The maximum Gasteiger partial charge on any atom is 0.416 e. The molecule has 6 heteroatoms. The van der Waals surface area contributed by atoms with Gasteiger partial charge in [0.25, 0.3) is 0 Å². The van der Waals surface area contributed by atoms with Crippen molar-refractivity contribution in [2.45, 2.75) is 50.1 Å². The first-order chi connectivity index (χ1) is 30.7. The van der Waals surface area contributed by atoms with Crippen molar-refractivity contribution in [1.29, 1.82) is 0 Å². The fraction of sp³-hybridized carbons (Fsp3) is 0.138. The summed E-state index contributed by atoms with van der Waals surface area (Å²) in [4.78, 5) is 2.18. The first kappa shape index (κ1) is 41.5. The minimum Gasteiger partial charge on any atom is -0.310 e. The van der Waals surface area contributed by atoms with Crippen molar-refractivity contribution in [1.82, 2.24) is 0 Å². The van der Waals surface area contributed by atoms with E-state index in [2.05, 4.69) is 196 Å². The number of nitrogens with zero attached hydrogens (tertiary/aromatic N) is 1. The predicted octanol–water partition coefficient (Wildman–Crippen LogP) is 17.5. The number of alkyl halides is 3. The van der Waals surface area contributed by atoms with Gasteiger partial charge in [0.15, 0.2) is 0 Å². The largest absolute Gasteiger partial charge is 0.416 e. The Morgan fingerprint density at radius 2 is 0.828 bits per heavy atom. The SMILES string of the molecule is C[Si](C)(C)C1([Si](C)(C)C)c2cc3c(-c4ccccc4)ccc(-c4ccccc4)c3cc2-c2c1cc(N(c1ccc(-c3ccccc3)cc1)c1ccc(C(F)(F)F)cc1)c1ccccc21. The Morgan fingerprint density at radius 1 is 0.391 bits per heavy atom. The average molecular weight is 874 g/mol. The van der Waals surface area contributed by atoms with Gasteiger partial charge < -0.3 is 4.90 Å². The van der Waals surface area contributed by atoms with Crippen molar-refractivity contribution in [3.05, 3.63) is 211 Å². The summed E-state index contributed by atoms with van der Waals surface area (Å²) in [7, 11) is -4.47. The minimum absolute atomic E-state index is 0.253. The van der Waals surface area contributed by atoms with Crippen molar-refractivity contribution in [3.8, 4) is 44.5 Å². The number of hydrogen-bond donors (Lipinski definition) is 0. The molecule has 9 aromatic carbocycles. The van der Waals surface area contributed by atoms with Gasteiger partial charge in [0, 0.05) is 21.4 Å². The molecular formula is C58H50F3NSi2. The molecule has 64 heavy (non-hydrogen) atoms. The third-order valence-electron chi connectivity index (χ3n) is 13.6. The molecule has 0 aliphatic heterocycles. The van der Waals surface area contributed by atoms with Gasteiger partial charge in [-0.15, -0.1) is 0 Å². The summed E-state index contributed by atoms with van der Waals surface area (Å²) in [6.07, 6.45) is -4.45. The first-order valence-corrected chi connectivity index (χ1v) is 29.1. The van der Waals surface area contributed by atoms with Gasteiger partial charge >= 0.3 is 6.18 Å². The highest BCUT2D eigenvalue weighted by Gasteiger charge is 2.60. The molecule has 0 spiro atoms. The van der Waals surface area contributed by atoms with Gasteiger partial charge in [-0.2, -0.15) is 13.2 Å². The number of hydrogen-bond acceptors (Lipinski definition) is 1. The van der Waals surface area contributed by atoms with Gasteiger partial charge in [0.1, 0.15) is 0 Å². The van der Waals surface area contributed by atoms with Crippen LogP contribution in [-0.4, -0.2) is 16.1 Å². The molecule has 0 N–H and O–H groups in total. The molecule has 0 bridgehead atoms. The Labute approximate surface area is 376 Å². The van der Waals surface area contributed by atoms with Crippen LogP contribution in [0, 0.1) is 0 Å². The standard InChI is InChI=1S/C58H50F3NSi2/c1-63(2,3)57(64(4,5)6)53-37-51-47(42-22-14-9-15-23-42)35-34-46(41-20-12-8-13-21-41)50(51)36-52(53)56-49-25-17-16-24-48(49)55(38-54(56)57)62(45-32-28-43(29-33-45)58(59,60)61)44-30-26-40(27-31-44)39-18-10-7-11-19-39/h7-38H,1-6H3. The number of benzene rings is 9. The maximum atomic E-state index is 14.1. The Kier molecular flexibility index (Phi) is 9.96. The molecule has 316 valence electrons. The monoisotopic (exact) mass is 873 g/mol. The second kappa shape index (κ2) is 15.4. The Balaban J connectivity index is 1.31. The highest BCUT2D eigenvalue weighted by Crippen LogP contribution is 2.62. The quantitative estimate of drug-likeness (QED) is 0.138. The Morgan fingerprint density at radius 3 is 1.33 bits per heavy atom. The molecule has 0 radical (unpaired) electrons. The molecule has 0 saturated heterocycles. The second-order valence-corrected chi connectivity index (χ2v) is 30.2. The Bertz CT molecular complexity index is 3170. The third-order valence-corrected chi connectivity index (χ3v) is 23.7. The summed E-state index contributed by atoms with van der Waals surface area (Å²) in [6, 6.07) is 66.6. The number of fused-ring (bicyclic) bond motifs is 6. The van der Waals surface area contributed by atoms with E-state index in [0.29, 0.717) is 5.69 Å². The van der Waals surface area contributed by atoms with Gasteiger partial charge in [-0.05, 0) is 126 Å². The zero-order valence-corrected chi connectivity index (χ0v) is 39.1. The molecule has 0 unspecified atom stereocenters. The van der Waals surface area contributed by atoms with Crippen LogP contribution in [0.4, 0.5) is 30.2 Å². The number of anilines is 3. The van der Waals surface area contributed by atoms with E-state index in [1.54, 1.807) is 12.1 Å². The van der Waals surface area contributed by atoms with Crippen molar-refractivity contribution in [2.75, 3.05) is 4.90 Å². The van der Waals surface area contributed by atoms with E-state index in [0.717, 1.165) is 33.3 Å². The van der Waals surface area contributed by atoms with E-state index >= 15 is 0 Å². The van der Waals surface area contributed by atoms with Crippen LogP contribution in [0.15, 0.2) is 194 Å². The van der Waals surface area contributed by atoms with Crippen molar-refractivity contribution in [3.63, 3.8) is 0 Å². The fourth-order valence-corrected chi connectivity index (χ4v) is 24.4. The molecule has 1 aliphatic carbocycles. The minimum atomic E-state index is -4.45. The lowest BCUT2D eigenvalue weighted by Gasteiger charge is -2.51. The van der Waals surface area contributed by atoms with Crippen LogP contribution >= 0.6 is 0 Å². The van der Waals surface area contributed by atoms with E-state index in [1.165, 1.54) is 67.4 Å². The zero-order chi connectivity index (χ0) is 44.6. The number of halogens is 3. The van der Waals surface area contributed by atoms with Crippen molar-refractivity contribution in [2.24, 2.45) is 0 Å². The van der Waals surface area contributed by atoms with Crippen molar-refractivity contribution >= 4 is 54.8 Å². The lowest BCUT2D eigenvalue weighted by atomic mass is 9.88. The van der Waals surface area contributed by atoms with Crippen molar-refractivity contribution < 1.29 is 13.2 Å². The molecule has 0 aromatic heterocycles. The molecule has 10 rings (SSSR count). The lowest BCUT2D eigenvalue weighted by Crippen LogP contribution is -2.63. The van der Waals surface area contributed by atoms with Crippen LogP contribution < -0.4 is 4.90 Å². The van der Waals surface area contributed by atoms with Crippen LogP contribution in [0.1, 0.15) is 16.7 Å². The van der Waals surface area contributed by atoms with E-state index in [1.807, 2.05) is 18.2 Å². The summed E-state index contributed by atoms with van der Waals surface area (Å²) in [5.41, 5.74) is 14.1. The van der Waals surface area contributed by atoms with Crippen LogP contribution in [-0.2, 0) is 10.8 Å². The fourth-order valence-electron chi connectivity index (χ4n) is 11.3. The maximum absolute atomic E-state index is 14.1. The smallest absolute Gasteiger partial charge is 0.310 e. The molecule has 0 amide bonds. The number of rotatable bonds is 8. The second-order valence-electron chi connectivity index (χ2n) is 19.2. The zero-order valence-electron chi connectivity index (χ0n) is 37.1. The molecule has 0 fully saturated rings. The van der Waals surface area contributed by atoms with Gasteiger partial charge in [0.2, 0.25) is 0 Å². The molecule has 0 saturated carbocycles. The van der Waals surface area contributed by atoms with Gasteiger partial charge in [-0.25, -0.2) is 0 Å². The summed E-state index contributed by atoms with van der Waals surface area (Å²) in [5.74, 6) is 0. The molecular weight excluding hydrogens is 824 g/mol. The van der Waals surface area contributed by atoms with E-state index in [9.17, 15) is 13.2 Å². The van der Waals surface area contributed by atoms with Crippen LogP contribution in [0.5, 0.6) is 0 Å². The predicted molar refractivity (Wildman–Crippen MR) is 270 cm³/mol. The normalized spacial score (nSPS) is 13.5. The van der Waals surface area contributed by atoms with Crippen LogP contribution in [0.25, 0.3) is 66.1 Å². The average Bonchev–Trinajstić information content (AvgIpc) is 3.60. The molecule has 0 heterocycles. The van der Waals surface area contributed by atoms with E-state index in [4.69, 9.17) is 0 Å². The first-order valence-electron chi connectivity index (χ1n) is 22.1. The van der Waals surface area contributed by atoms with E-state index < -0.39 is 27.9 Å². The molecule has 1 aliphatic rings. The topological polar surface area (TPSA) is 3.24 Å². The highest BCUT2D eigenvalue weighted by molar-refractivity contribution is 6.99. The van der Waals surface area contributed by atoms with Gasteiger partial charge in [-0.1, -0.05) is 179 Å². The molecule has 1 nitrogen and oxygen atoms in total. The summed E-state index contributed by atoms with van der Waals surface area (Å²) in [5, 5.41) is 4.65. The summed E-state index contributed by atoms with van der Waals surface area (Å²) in [6.45, 7) is 15.2. The van der Waals surface area contributed by atoms with Gasteiger partial charge in [0.05, 0.1) is 27.4 Å². The Hall–Kier alpha value is -6.48.